The summed E-state index contributed by atoms with van der Waals surface area (Å²) in [7, 11) is 0. The van der Waals surface area contributed by atoms with Gasteiger partial charge in [-0.2, -0.15) is 0 Å². The second-order valence-electron chi connectivity index (χ2n) is 7.91. The molecule has 132 valence electrons. The van der Waals surface area contributed by atoms with Crippen LogP contribution < -0.4 is 0 Å². The minimum absolute atomic E-state index is 0.0500. The number of allylic oxidation sites excluding steroid dienone is 3. The van der Waals surface area contributed by atoms with Crippen LogP contribution in [0.1, 0.15) is 66.2 Å². The Labute approximate surface area is 144 Å². The monoisotopic (exact) mass is 332 g/mol. The van der Waals surface area contributed by atoms with Crippen molar-refractivity contribution in [2.45, 2.75) is 83.5 Å². The molecule has 0 unspecified atom stereocenters. The van der Waals surface area contributed by atoms with Crippen molar-refractivity contribution < 1.29 is 19.4 Å². The average Bonchev–Trinajstić information content (AvgIpc) is 3.06. The first-order chi connectivity index (χ1) is 11.2. The van der Waals surface area contributed by atoms with E-state index in [0.29, 0.717) is 17.8 Å². The molecule has 1 aliphatic carbocycles. The summed E-state index contributed by atoms with van der Waals surface area (Å²) in [5.74, 6) is 0.239. The number of rotatable bonds is 0. The van der Waals surface area contributed by atoms with Crippen molar-refractivity contribution in [3.8, 4) is 0 Å². The van der Waals surface area contributed by atoms with Gasteiger partial charge in [-0.15, -0.1) is 0 Å². The van der Waals surface area contributed by atoms with Crippen LogP contribution in [0.4, 0.5) is 0 Å². The Morgan fingerprint density at radius 1 is 1.21 bits per heavy atom. The van der Waals surface area contributed by atoms with E-state index in [2.05, 4.69) is 19.9 Å². The molecule has 4 nitrogen and oxygen atoms in total. The first kappa shape index (κ1) is 17.4. The number of hydrogen-bond acceptors (Lipinski definition) is 4. The fraction of sp³-hybridized carbons (Fsp3) is 0.650. The Kier molecular flexibility index (Phi) is 4.47. The molecule has 3 rings (SSSR count). The van der Waals surface area contributed by atoms with Gasteiger partial charge in [0.15, 0.2) is 0 Å². The number of esters is 1. The quantitative estimate of drug-likeness (QED) is 0.414. The Morgan fingerprint density at radius 3 is 2.71 bits per heavy atom. The molecule has 0 saturated carbocycles. The van der Waals surface area contributed by atoms with Gasteiger partial charge in [-0.3, -0.25) is 0 Å². The predicted octanol–water partition coefficient (Wildman–Crippen LogP) is 3.95. The molecule has 0 aromatic carbocycles. The molecule has 2 aliphatic heterocycles. The van der Waals surface area contributed by atoms with Crippen molar-refractivity contribution in [1.29, 1.82) is 0 Å². The van der Waals surface area contributed by atoms with Gasteiger partial charge in [0.25, 0.3) is 0 Å². The molecular formula is C20H28O4. The molecule has 0 amide bonds. The van der Waals surface area contributed by atoms with Crippen LogP contribution in [0.2, 0.25) is 0 Å². The fourth-order valence-electron chi connectivity index (χ4n) is 3.66. The first-order valence-corrected chi connectivity index (χ1v) is 8.91. The standard InChI is InChI=1S/C20H28O4/c1-13-6-5-10-20(4)17(24-20)9-11-19(3,22)12-16-15(8-7-13)14(2)18(21)23-16/h6,12,17,22H,5,7-11H2,1-4H3/b13-6+,16-12-/t17-,19+,20-/m1/s1. The van der Waals surface area contributed by atoms with Crippen LogP contribution in [0.3, 0.4) is 0 Å². The summed E-state index contributed by atoms with van der Waals surface area (Å²) in [6, 6.07) is 0. The highest BCUT2D eigenvalue weighted by Gasteiger charge is 2.51. The van der Waals surface area contributed by atoms with Crippen molar-refractivity contribution >= 4 is 5.97 Å². The molecule has 4 heteroatoms. The Morgan fingerprint density at radius 2 is 1.96 bits per heavy atom. The smallest absolute Gasteiger partial charge is 0.339 e. The molecule has 0 spiro atoms. The van der Waals surface area contributed by atoms with Crippen LogP contribution in [0.5, 0.6) is 0 Å². The number of aliphatic hydroxyl groups is 1. The predicted molar refractivity (Wildman–Crippen MR) is 92.2 cm³/mol. The fourth-order valence-corrected chi connectivity index (χ4v) is 3.66. The molecule has 2 heterocycles. The lowest BCUT2D eigenvalue weighted by molar-refractivity contribution is -0.133. The zero-order valence-corrected chi connectivity index (χ0v) is 15.1. The number of carbonyl (C=O) groups is 1. The molecule has 0 radical (unpaired) electrons. The van der Waals surface area contributed by atoms with Crippen LogP contribution in [0, 0.1) is 0 Å². The van der Waals surface area contributed by atoms with Gasteiger partial charge >= 0.3 is 5.97 Å². The van der Waals surface area contributed by atoms with E-state index in [9.17, 15) is 9.90 Å². The minimum atomic E-state index is -1.01. The summed E-state index contributed by atoms with van der Waals surface area (Å²) >= 11 is 0. The van der Waals surface area contributed by atoms with Gasteiger partial charge in [0.2, 0.25) is 0 Å². The lowest BCUT2D eigenvalue weighted by Crippen LogP contribution is -2.23. The summed E-state index contributed by atoms with van der Waals surface area (Å²) in [5.41, 5.74) is 1.85. The molecule has 24 heavy (non-hydrogen) atoms. The van der Waals surface area contributed by atoms with Gasteiger partial charge < -0.3 is 14.6 Å². The van der Waals surface area contributed by atoms with E-state index in [1.807, 2.05) is 0 Å². The number of epoxide rings is 1. The number of hydrogen-bond donors (Lipinski definition) is 1. The van der Waals surface area contributed by atoms with Crippen LogP contribution in [-0.2, 0) is 14.3 Å². The molecule has 1 fully saturated rings. The molecule has 3 aliphatic rings. The number of ether oxygens (including phenoxy) is 2. The first-order valence-electron chi connectivity index (χ1n) is 8.91. The SMILES string of the molecule is CC1=C2CC/C(C)=C/CC[C@@]3(C)O[C@@H]3CC[C@](C)(O)/C=C/2OC1=O. The Balaban J connectivity index is 1.87. The lowest BCUT2D eigenvalue weighted by atomic mass is 9.90. The maximum atomic E-state index is 11.9. The second kappa shape index (κ2) is 6.16. The molecule has 1 N–H and O–H groups in total. The molecule has 0 bridgehead atoms. The average molecular weight is 332 g/mol. The molecule has 0 aromatic heterocycles. The summed E-state index contributed by atoms with van der Waals surface area (Å²) in [6.45, 7) is 7.87. The van der Waals surface area contributed by atoms with Gasteiger partial charge in [0.05, 0.1) is 17.3 Å². The highest BCUT2D eigenvalue weighted by atomic mass is 16.6. The van der Waals surface area contributed by atoms with Crippen molar-refractivity contribution in [2.75, 3.05) is 0 Å². The van der Waals surface area contributed by atoms with Crippen LogP contribution >= 0.6 is 0 Å². The van der Waals surface area contributed by atoms with Crippen LogP contribution in [0.15, 0.2) is 34.6 Å². The lowest BCUT2D eigenvalue weighted by Gasteiger charge is -2.20. The van der Waals surface area contributed by atoms with Crippen LogP contribution in [0.25, 0.3) is 0 Å². The highest BCUT2D eigenvalue weighted by molar-refractivity contribution is 5.93. The van der Waals surface area contributed by atoms with Gasteiger partial charge in [0.1, 0.15) is 5.76 Å². The number of carbonyl (C=O) groups excluding carboxylic acids is 1. The third-order valence-electron chi connectivity index (χ3n) is 5.55. The number of fused-ring (bicyclic) bond motifs is 2. The van der Waals surface area contributed by atoms with E-state index in [0.717, 1.165) is 37.7 Å². The van der Waals surface area contributed by atoms with Gasteiger partial charge in [-0.25, -0.2) is 4.79 Å². The van der Waals surface area contributed by atoms with Crippen molar-refractivity contribution in [2.24, 2.45) is 0 Å². The summed E-state index contributed by atoms with van der Waals surface area (Å²) in [5, 5.41) is 10.7. The summed E-state index contributed by atoms with van der Waals surface area (Å²) in [6.07, 6.45) is 9.28. The summed E-state index contributed by atoms with van der Waals surface area (Å²) in [4.78, 5) is 11.9. The van der Waals surface area contributed by atoms with Gasteiger partial charge in [-0.1, -0.05) is 11.6 Å². The second-order valence-corrected chi connectivity index (χ2v) is 7.91. The third-order valence-corrected chi connectivity index (χ3v) is 5.55. The maximum Gasteiger partial charge on any atom is 0.339 e. The van der Waals surface area contributed by atoms with Crippen molar-refractivity contribution in [1.82, 2.24) is 0 Å². The normalized spacial score (nSPS) is 42.0. The molecule has 0 aromatic rings. The van der Waals surface area contributed by atoms with E-state index in [-0.39, 0.29) is 17.7 Å². The largest absolute Gasteiger partial charge is 0.423 e. The minimum Gasteiger partial charge on any atom is -0.423 e. The topological polar surface area (TPSA) is 59.1 Å². The Hall–Kier alpha value is -1.39. The van der Waals surface area contributed by atoms with Crippen molar-refractivity contribution in [3.05, 3.63) is 34.6 Å². The van der Waals surface area contributed by atoms with Gasteiger partial charge in [-0.05, 0) is 72.3 Å². The molecule has 3 atom stereocenters. The Bertz CT molecular complexity index is 638. The van der Waals surface area contributed by atoms with E-state index in [1.54, 1.807) is 19.9 Å². The zero-order valence-electron chi connectivity index (χ0n) is 15.1. The molecular weight excluding hydrogens is 304 g/mol. The maximum absolute atomic E-state index is 11.9. The van der Waals surface area contributed by atoms with E-state index in [1.165, 1.54) is 5.57 Å². The van der Waals surface area contributed by atoms with E-state index >= 15 is 0 Å². The van der Waals surface area contributed by atoms with Crippen LogP contribution in [-0.4, -0.2) is 28.4 Å². The van der Waals surface area contributed by atoms with E-state index < -0.39 is 5.60 Å². The highest BCUT2D eigenvalue weighted by Crippen LogP contribution is 2.44. The molecule has 1 saturated heterocycles. The van der Waals surface area contributed by atoms with Crippen molar-refractivity contribution in [3.63, 3.8) is 0 Å². The van der Waals surface area contributed by atoms with E-state index in [4.69, 9.17) is 9.47 Å². The summed E-state index contributed by atoms with van der Waals surface area (Å²) < 4.78 is 11.3. The zero-order chi connectivity index (χ0) is 17.5. The third kappa shape index (κ3) is 3.65. The van der Waals surface area contributed by atoms with Gasteiger partial charge in [0, 0.05) is 11.1 Å².